The van der Waals surface area contributed by atoms with Gasteiger partial charge in [0, 0.05) is 13.0 Å². The molecule has 0 radical (unpaired) electrons. The van der Waals surface area contributed by atoms with E-state index in [2.05, 4.69) is 160 Å². The molecule has 11 unspecified atom stereocenters. The highest BCUT2D eigenvalue weighted by Gasteiger charge is 2.47. The number of carbonyl (C=O) groups excluding carboxylic acids is 1. The van der Waals surface area contributed by atoms with E-state index in [0.717, 1.165) is 122 Å². The minimum atomic E-state index is -1.73. The van der Waals surface area contributed by atoms with Crippen LogP contribution in [-0.2, 0) is 33.2 Å². The van der Waals surface area contributed by atoms with Crippen LogP contribution in [0, 0.1) is 0 Å². The van der Waals surface area contributed by atoms with Gasteiger partial charge in [0.25, 0.3) is 0 Å². The van der Waals surface area contributed by atoms with Gasteiger partial charge < -0.3 is 64.2 Å². The second-order valence-corrected chi connectivity index (χ2v) is 20.4. The fourth-order valence-electron chi connectivity index (χ4n) is 8.53. The molecule has 7 N–H and O–H groups in total. The summed E-state index contributed by atoms with van der Waals surface area (Å²) in [7, 11) is 0. The first-order valence-corrected chi connectivity index (χ1v) is 30.4. The van der Waals surface area contributed by atoms with Crippen LogP contribution in [0.25, 0.3) is 0 Å². The first kappa shape index (κ1) is 73.0. The SMILES string of the molecule is CC/C=C\C/C=C\C/C=C\C/C=C\C/C=C\C/C=C\CCCCCCCCCOCC(COC1OC(COC2OC(CO)C(O)C(O)C2O)C(O)C(O)C1O)OC(=O)CCCC/C=C\C/C=C\C/C=C\C/C=C\C/C=C\C/C=C\CC. The maximum absolute atomic E-state index is 13.1. The Balaban J connectivity index is 1.73. The molecule has 2 heterocycles. The molecule has 2 aliphatic rings. The summed E-state index contributed by atoms with van der Waals surface area (Å²) in [6.45, 7) is 3.34. The van der Waals surface area contributed by atoms with E-state index < -0.39 is 86.7 Å². The highest BCUT2D eigenvalue weighted by Crippen LogP contribution is 2.26. The van der Waals surface area contributed by atoms with Crippen LogP contribution in [0.15, 0.2) is 146 Å². The first-order valence-electron chi connectivity index (χ1n) is 30.4. The standard InChI is InChI=1S/C67H106O14/c1-3-5-7-9-11-13-15-17-19-21-23-25-26-27-28-29-31-33-35-37-39-41-43-45-47-49-51-76-53-56(54-77-66-65(75)63(73)61(71)58(81-66)55-78-67-64(74)62(72)60(70)57(52-68)80-67)79-59(69)50-48-46-44-42-40-38-36-34-32-30-24-22-20-18-16-14-12-10-8-6-4-2/h5-8,11-14,17-20,23-25,27-28,30-31,33-34,36,40,42,56-58,60-68,70-75H,3-4,9-10,15-16,21-22,26,29,32,35,37-39,41,43-55H2,1-2H3/b7-5-,8-6-,13-11-,14-12-,19-17-,20-18-,25-23-,28-27-,30-24-,33-31-,36-34-,42-40-. The fraction of sp³-hybridized carbons (Fsp3) is 0.627. The number of rotatable bonds is 47. The summed E-state index contributed by atoms with van der Waals surface area (Å²) < 4.78 is 34.4. The summed E-state index contributed by atoms with van der Waals surface area (Å²) in [5.74, 6) is -0.429. The van der Waals surface area contributed by atoms with Gasteiger partial charge in [0.2, 0.25) is 0 Å². The van der Waals surface area contributed by atoms with E-state index in [-0.39, 0.29) is 19.6 Å². The van der Waals surface area contributed by atoms with E-state index in [9.17, 15) is 40.5 Å². The van der Waals surface area contributed by atoms with Crippen molar-refractivity contribution in [2.24, 2.45) is 0 Å². The Morgan fingerprint density at radius 2 is 0.765 bits per heavy atom. The summed E-state index contributed by atoms with van der Waals surface area (Å²) in [4.78, 5) is 13.1. The van der Waals surface area contributed by atoms with Crippen molar-refractivity contribution in [1.82, 2.24) is 0 Å². The molecule has 14 heteroatoms. The first-order chi connectivity index (χ1) is 39.6. The molecule has 2 aliphatic heterocycles. The lowest BCUT2D eigenvalue weighted by Crippen LogP contribution is -2.61. The predicted molar refractivity (Wildman–Crippen MR) is 325 cm³/mol. The van der Waals surface area contributed by atoms with E-state index in [1.165, 1.54) is 19.3 Å². The van der Waals surface area contributed by atoms with E-state index in [1.807, 2.05) is 0 Å². The van der Waals surface area contributed by atoms with Crippen LogP contribution in [0.3, 0.4) is 0 Å². The van der Waals surface area contributed by atoms with Crippen LogP contribution >= 0.6 is 0 Å². The number of esters is 1. The lowest BCUT2D eigenvalue weighted by Gasteiger charge is -2.42. The third-order valence-corrected chi connectivity index (χ3v) is 13.3. The topological polar surface area (TPSA) is 214 Å². The van der Waals surface area contributed by atoms with Gasteiger partial charge in [-0.1, -0.05) is 192 Å². The largest absolute Gasteiger partial charge is 0.457 e. The van der Waals surface area contributed by atoms with Crippen LogP contribution in [0.1, 0.15) is 168 Å². The Morgan fingerprint density at radius 1 is 0.407 bits per heavy atom. The van der Waals surface area contributed by atoms with Gasteiger partial charge in [-0.2, -0.15) is 0 Å². The van der Waals surface area contributed by atoms with Gasteiger partial charge in [0.05, 0.1) is 26.4 Å². The van der Waals surface area contributed by atoms with Crippen LogP contribution in [0.2, 0.25) is 0 Å². The van der Waals surface area contributed by atoms with Gasteiger partial charge in [0.1, 0.15) is 54.9 Å². The highest BCUT2D eigenvalue weighted by atomic mass is 16.7. The normalized spacial score (nSPS) is 24.8. The zero-order valence-electron chi connectivity index (χ0n) is 49.2. The molecule has 0 saturated carbocycles. The maximum Gasteiger partial charge on any atom is 0.306 e. The van der Waals surface area contributed by atoms with Crippen molar-refractivity contribution in [2.75, 3.05) is 33.0 Å². The lowest BCUT2D eigenvalue weighted by molar-refractivity contribution is -0.332. The third-order valence-electron chi connectivity index (χ3n) is 13.3. The zero-order chi connectivity index (χ0) is 58.6. The van der Waals surface area contributed by atoms with Crippen LogP contribution in [0.4, 0.5) is 0 Å². The Morgan fingerprint density at radius 3 is 1.20 bits per heavy atom. The Kier molecular flexibility index (Phi) is 46.4. The average molecular weight is 1140 g/mol. The van der Waals surface area contributed by atoms with E-state index in [4.69, 9.17) is 28.4 Å². The Hall–Kier alpha value is -4.13. The number of hydrogen-bond acceptors (Lipinski definition) is 14. The van der Waals surface area contributed by atoms with Gasteiger partial charge in [-0.05, 0) is 116 Å². The van der Waals surface area contributed by atoms with Gasteiger partial charge >= 0.3 is 5.97 Å². The fourth-order valence-corrected chi connectivity index (χ4v) is 8.53. The quantitative estimate of drug-likeness (QED) is 0.0172. The summed E-state index contributed by atoms with van der Waals surface area (Å²) >= 11 is 0. The number of unbranched alkanes of at least 4 members (excludes halogenated alkanes) is 9. The van der Waals surface area contributed by atoms with Gasteiger partial charge in [-0.25, -0.2) is 0 Å². The molecule has 81 heavy (non-hydrogen) atoms. The molecule has 2 saturated heterocycles. The van der Waals surface area contributed by atoms with Crippen molar-refractivity contribution < 1.29 is 69.0 Å². The van der Waals surface area contributed by atoms with Gasteiger partial charge in [0.15, 0.2) is 12.6 Å². The average Bonchev–Trinajstić information content (AvgIpc) is 3.60. The van der Waals surface area contributed by atoms with Crippen molar-refractivity contribution in [2.45, 2.75) is 235 Å². The third kappa shape index (κ3) is 37.6. The molecule has 0 amide bonds. The van der Waals surface area contributed by atoms with Crippen LogP contribution in [0.5, 0.6) is 0 Å². The molecule has 0 bridgehead atoms. The highest BCUT2D eigenvalue weighted by molar-refractivity contribution is 5.69. The molecule has 11 atom stereocenters. The van der Waals surface area contributed by atoms with Crippen molar-refractivity contribution >= 4 is 5.97 Å². The van der Waals surface area contributed by atoms with E-state index >= 15 is 0 Å². The van der Waals surface area contributed by atoms with Crippen LogP contribution in [-0.4, -0.2) is 142 Å². The molecule has 0 aromatic rings. The summed E-state index contributed by atoms with van der Waals surface area (Å²) in [5, 5.41) is 72.4. The Bertz CT molecular complexity index is 1890. The van der Waals surface area contributed by atoms with Crippen molar-refractivity contribution in [3.63, 3.8) is 0 Å². The number of hydrogen-bond donors (Lipinski definition) is 7. The van der Waals surface area contributed by atoms with Gasteiger partial charge in [-0.3, -0.25) is 4.79 Å². The number of allylic oxidation sites excluding steroid dienone is 24. The minimum Gasteiger partial charge on any atom is -0.457 e. The van der Waals surface area contributed by atoms with Crippen LogP contribution < -0.4 is 0 Å². The number of aliphatic hydroxyl groups excluding tert-OH is 7. The molecular formula is C67H106O14. The monoisotopic (exact) mass is 1130 g/mol. The van der Waals surface area contributed by atoms with Crippen molar-refractivity contribution in [1.29, 1.82) is 0 Å². The second kappa shape index (κ2) is 51.5. The Labute approximate surface area is 487 Å². The molecule has 2 rings (SSSR count). The molecule has 0 aliphatic carbocycles. The molecular weight excluding hydrogens is 1030 g/mol. The second-order valence-electron chi connectivity index (χ2n) is 20.4. The number of carbonyl (C=O) groups is 1. The van der Waals surface area contributed by atoms with Crippen molar-refractivity contribution in [3.8, 4) is 0 Å². The number of ether oxygens (including phenoxy) is 6. The molecule has 0 aromatic heterocycles. The molecule has 2 fully saturated rings. The predicted octanol–water partition coefficient (Wildman–Crippen LogP) is 11.6. The van der Waals surface area contributed by atoms with E-state index in [1.54, 1.807) is 0 Å². The molecule has 458 valence electrons. The van der Waals surface area contributed by atoms with Crippen molar-refractivity contribution in [3.05, 3.63) is 146 Å². The molecule has 14 nitrogen and oxygen atoms in total. The summed E-state index contributed by atoms with van der Waals surface area (Å²) in [6, 6.07) is 0. The smallest absolute Gasteiger partial charge is 0.306 e. The van der Waals surface area contributed by atoms with E-state index in [0.29, 0.717) is 13.0 Å². The minimum absolute atomic E-state index is 0.0243. The zero-order valence-corrected chi connectivity index (χ0v) is 49.2. The summed E-state index contributed by atoms with van der Waals surface area (Å²) in [5.41, 5.74) is 0. The summed E-state index contributed by atoms with van der Waals surface area (Å²) in [6.07, 6.45) is 59.0. The number of aliphatic hydroxyl groups is 7. The maximum atomic E-state index is 13.1. The lowest BCUT2D eigenvalue weighted by atomic mass is 9.98. The molecule has 0 spiro atoms. The molecule has 0 aromatic carbocycles. The van der Waals surface area contributed by atoms with Gasteiger partial charge in [-0.15, -0.1) is 0 Å².